The van der Waals surface area contributed by atoms with Gasteiger partial charge in [0.05, 0.1) is 6.04 Å². The normalized spacial score (nSPS) is 12.4. The highest BCUT2D eigenvalue weighted by Crippen LogP contribution is 2.30. The minimum absolute atomic E-state index is 0.218. The van der Waals surface area contributed by atoms with Gasteiger partial charge in [0.1, 0.15) is 0 Å². The molecule has 2 aromatic carbocycles. The smallest absolute Gasteiger partial charge is 0.0585 e. The number of hydrogen-bond acceptors (Lipinski definition) is 1. The van der Waals surface area contributed by atoms with Crippen molar-refractivity contribution in [2.45, 2.75) is 19.4 Å². The van der Waals surface area contributed by atoms with Crippen molar-refractivity contribution in [2.75, 3.05) is 7.05 Å². The number of halogens is 2. The van der Waals surface area contributed by atoms with Crippen LogP contribution in [0, 0.1) is 3.57 Å². The summed E-state index contributed by atoms with van der Waals surface area (Å²) < 4.78 is 2.40. The molecule has 0 fully saturated rings. The Bertz CT molecular complexity index is 568. The van der Waals surface area contributed by atoms with Gasteiger partial charge in [-0.1, -0.05) is 47.1 Å². The van der Waals surface area contributed by atoms with E-state index in [1.54, 1.807) is 0 Å². The molecule has 1 nitrogen and oxygen atoms in total. The van der Waals surface area contributed by atoms with Crippen LogP contribution in [0.4, 0.5) is 0 Å². The van der Waals surface area contributed by atoms with Gasteiger partial charge in [-0.3, -0.25) is 0 Å². The average Bonchev–Trinajstić information content (AvgIpc) is 2.44. The molecule has 0 aliphatic heterocycles. The largest absolute Gasteiger partial charge is 0.309 e. The summed E-state index contributed by atoms with van der Waals surface area (Å²) in [5.74, 6) is 0. The zero-order chi connectivity index (χ0) is 13.8. The summed E-state index contributed by atoms with van der Waals surface area (Å²) in [5, 5.41) is 3.42. The van der Waals surface area contributed by atoms with Gasteiger partial charge in [-0.05, 0) is 70.9 Å². The molecule has 0 aromatic heterocycles. The lowest BCUT2D eigenvalue weighted by molar-refractivity contribution is 0.687. The third-order valence-electron chi connectivity index (χ3n) is 3.25. The Hall–Kier alpha value is -0.390. The Morgan fingerprint density at radius 3 is 2.68 bits per heavy atom. The lowest BCUT2D eigenvalue weighted by Gasteiger charge is -2.20. The number of benzene rings is 2. The standard InChI is InChI=1S/C16H17BrIN/c1-3-11-5-4-6-12(9-11)16(19-2)14-10-13(18)7-8-15(14)17/h4-10,16,19H,3H2,1-2H3. The Morgan fingerprint density at radius 1 is 1.21 bits per heavy atom. The highest BCUT2D eigenvalue weighted by atomic mass is 127. The monoisotopic (exact) mass is 429 g/mol. The van der Waals surface area contributed by atoms with Crippen molar-refractivity contribution in [1.82, 2.24) is 5.32 Å². The van der Waals surface area contributed by atoms with Gasteiger partial charge in [0.25, 0.3) is 0 Å². The van der Waals surface area contributed by atoms with Gasteiger partial charge in [-0.15, -0.1) is 0 Å². The van der Waals surface area contributed by atoms with Crippen LogP contribution in [0.2, 0.25) is 0 Å². The maximum atomic E-state index is 3.66. The summed E-state index contributed by atoms with van der Waals surface area (Å²) in [6.07, 6.45) is 1.07. The van der Waals surface area contributed by atoms with E-state index in [1.807, 2.05) is 7.05 Å². The van der Waals surface area contributed by atoms with Gasteiger partial charge < -0.3 is 5.32 Å². The fourth-order valence-electron chi connectivity index (χ4n) is 2.23. The van der Waals surface area contributed by atoms with Gasteiger partial charge in [-0.2, -0.15) is 0 Å². The Labute approximate surface area is 137 Å². The fourth-order valence-corrected chi connectivity index (χ4v) is 3.22. The van der Waals surface area contributed by atoms with Crippen molar-refractivity contribution >= 4 is 38.5 Å². The van der Waals surface area contributed by atoms with Crippen molar-refractivity contribution in [3.8, 4) is 0 Å². The molecule has 0 saturated carbocycles. The summed E-state index contributed by atoms with van der Waals surface area (Å²) in [6, 6.07) is 15.5. The average molecular weight is 430 g/mol. The maximum Gasteiger partial charge on any atom is 0.0585 e. The lowest BCUT2D eigenvalue weighted by Crippen LogP contribution is -2.18. The molecule has 19 heavy (non-hydrogen) atoms. The van der Waals surface area contributed by atoms with E-state index in [-0.39, 0.29) is 6.04 Å². The second kappa shape index (κ2) is 6.86. The summed E-state index contributed by atoms with van der Waals surface area (Å²) in [7, 11) is 2.01. The molecule has 100 valence electrons. The number of aryl methyl sites for hydroxylation is 1. The van der Waals surface area contributed by atoms with E-state index in [9.17, 15) is 0 Å². The molecule has 0 spiro atoms. The molecule has 0 bridgehead atoms. The molecule has 2 aromatic rings. The zero-order valence-electron chi connectivity index (χ0n) is 11.1. The van der Waals surface area contributed by atoms with Crippen LogP contribution in [0.5, 0.6) is 0 Å². The van der Waals surface area contributed by atoms with E-state index < -0.39 is 0 Å². The van der Waals surface area contributed by atoms with Crippen molar-refractivity contribution in [2.24, 2.45) is 0 Å². The van der Waals surface area contributed by atoms with Crippen LogP contribution >= 0.6 is 38.5 Å². The van der Waals surface area contributed by atoms with Crippen LogP contribution in [0.15, 0.2) is 46.9 Å². The molecule has 2 rings (SSSR count). The number of nitrogens with one attached hydrogen (secondary N) is 1. The summed E-state index contributed by atoms with van der Waals surface area (Å²) >= 11 is 6.02. The first-order chi connectivity index (χ1) is 9.15. The van der Waals surface area contributed by atoms with Crippen LogP contribution in [-0.2, 0) is 6.42 Å². The number of rotatable bonds is 4. The molecule has 0 aliphatic carbocycles. The molecule has 3 heteroatoms. The van der Waals surface area contributed by atoms with Gasteiger partial charge in [0, 0.05) is 8.04 Å². The van der Waals surface area contributed by atoms with Crippen LogP contribution in [-0.4, -0.2) is 7.05 Å². The van der Waals surface area contributed by atoms with Gasteiger partial charge in [0.15, 0.2) is 0 Å². The Balaban J connectivity index is 2.46. The van der Waals surface area contributed by atoms with E-state index in [2.05, 4.69) is 93.2 Å². The molecule has 0 saturated heterocycles. The molecule has 1 atom stereocenters. The second-order valence-electron chi connectivity index (χ2n) is 4.49. The molecule has 0 radical (unpaired) electrons. The van der Waals surface area contributed by atoms with E-state index >= 15 is 0 Å². The van der Waals surface area contributed by atoms with Crippen LogP contribution in [0.25, 0.3) is 0 Å². The minimum atomic E-state index is 0.218. The third kappa shape index (κ3) is 3.58. The van der Waals surface area contributed by atoms with E-state index in [4.69, 9.17) is 0 Å². The molecule has 0 amide bonds. The van der Waals surface area contributed by atoms with Crippen molar-refractivity contribution in [3.63, 3.8) is 0 Å². The molecule has 1 N–H and O–H groups in total. The van der Waals surface area contributed by atoms with Crippen LogP contribution in [0.1, 0.15) is 29.7 Å². The number of hydrogen-bond donors (Lipinski definition) is 1. The van der Waals surface area contributed by atoms with Crippen LogP contribution in [0.3, 0.4) is 0 Å². The van der Waals surface area contributed by atoms with Crippen molar-refractivity contribution < 1.29 is 0 Å². The lowest BCUT2D eigenvalue weighted by atomic mass is 9.97. The Kier molecular flexibility index (Phi) is 5.42. The fraction of sp³-hybridized carbons (Fsp3) is 0.250. The summed E-state index contributed by atoms with van der Waals surface area (Å²) in [4.78, 5) is 0. The molecule has 1 unspecified atom stereocenters. The van der Waals surface area contributed by atoms with E-state index in [1.165, 1.54) is 20.3 Å². The van der Waals surface area contributed by atoms with Crippen molar-refractivity contribution in [3.05, 3.63) is 67.2 Å². The Morgan fingerprint density at radius 2 is 2.00 bits per heavy atom. The highest BCUT2D eigenvalue weighted by Gasteiger charge is 2.15. The first kappa shape index (κ1) is 15.0. The van der Waals surface area contributed by atoms with E-state index in [0.717, 1.165) is 10.9 Å². The summed E-state index contributed by atoms with van der Waals surface area (Å²) in [6.45, 7) is 2.19. The SMILES string of the molecule is CCc1cccc(C(NC)c2cc(I)ccc2Br)c1. The van der Waals surface area contributed by atoms with Crippen molar-refractivity contribution in [1.29, 1.82) is 0 Å². The molecular weight excluding hydrogens is 413 g/mol. The molecule has 0 aliphatic rings. The predicted octanol–water partition coefficient (Wildman–Crippen LogP) is 4.92. The first-order valence-electron chi connectivity index (χ1n) is 6.36. The van der Waals surface area contributed by atoms with Gasteiger partial charge >= 0.3 is 0 Å². The highest BCUT2D eigenvalue weighted by molar-refractivity contribution is 14.1. The zero-order valence-corrected chi connectivity index (χ0v) is 14.8. The topological polar surface area (TPSA) is 12.0 Å². The van der Waals surface area contributed by atoms with E-state index in [0.29, 0.717) is 0 Å². The second-order valence-corrected chi connectivity index (χ2v) is 6.59. The third-order valence-corrected chi connectivity index (χ3v) is 4.64. The molecule has 0 heterocycles. The van der Waals surface area contributed by atoms with Gasteiger partial charge in [0.2, 0.25) is 0 Å². The maximum absolute atomic E-state index is 3.66. The van der Waals surface area contributed by atoms with Crippen LogP contribution < -0.4 is 5.32 Å². The first-order valence-corrected chi connectivity index (χ1v) is 8.24. The quantitative estimate of drug-likeness (QED) is 0.679. The minimum Gasteiger partial charge on any atom is -0.309 e. The summed E-state index contributed by atoms with van der Waals surface area (Å²) in [5.41, 5.74) is 3.96. The van der Waals surface area contributed by atoms with Gasteiger partial charge in [-0.25, -0.2) is 0 Å². The predicted molar refractivity (Wildman–Crippen MR) is 93.6 cm³/mol. The molecular formula is C16H17BrIN.